The molecule has 2 rings (SSSR count). The standard InChI is InChI=1S/C15H29N/c1-15(2,3)16-11-12-8-9-13-6-4-5-7-14(13)10-12/h12-14,16H,4-11H2,1-3H3. The molecule has 0 aliphatic heterocycles. The van der Waals surface area contributed by atoms with Crippen LogP contribution in [0, 0.1) is 17.8 Å². The largest absolute Gasteiger partial charge is 0.312 e. The molecule has 1 nitrogen and oxygen atoms in total. The first-order chi connectivity index (χ1) is 7.54. The minimum absolute atomic E-state index is 0.295. The van der Waals surface area contributed by atoms with Crippen molar-refractivity contribution in [1.29, 1.82) is 0 Å². The molecular weight excluding hydrogens is 194 g/mol. The zero-order valence-corrected chi connectivity index (χ0v) is 11.4. The maximum absolute atomic E-state index is 3.69. The third kappa shape index (κ3) is 3.48. The maximum atomic E-state index is 3.69. The Labute approximate surface area is 101 Å². The van der Waals surface area contributed by atoms with Crippen LogP contribution in [0.4, 0.5) is 0 Å². The quantitative estimate of drug-likeness (QED) is 0.746. The molecule has 2 fully saturated rings. The Morgan fingerprint density at radius 1 is 0.938 bits per heavy atom. The first-order valence-corrected chi connectivity index (χ1v) is 7.29. The molecule has 0 spiro atoms. The van der Waals surface area contributed by atoms with E-state index >= 15 is 0 Å². The fourth-order valence-corrected chi connectivity index (χ4v) is 3.61. The van der Waals surface area contributed by atoms with Gasteiger partial charge in [-0.25, -0.2) is 0 Å². The van der Waals surface area contributed by atoms with Gasteiger partial charge in [0.05, 0.1) is 0 Å². The van der Waals surface area contributed by atoms with Gasteiger partial charge in [-0.1, -0.05) is 25.7 Å². The molecule has 0 aromatic carbocycles. The van der Waals surface area contributed by atoms with Gasteiger partial charge in [0, 0.05) is 5.54 Å². The molecule has 3 atom stereocenters. The summed E-state index contributed by atoms with van der Waals surface area (Å²) in [6.07, 6.45) is 10.6. The van der Waals surface area contributed by atoms with Crippen LogP contribution in [-0.2, 0) is 0 Å². The minimum atomic E-state index is 0.295. The Bertz CT molecular complexity index is 216. The van der Waals surface area contributed by atoms with Gasteiger partial charge in [0.2, 0.25) is 0 Å². The summed E-state index contributed by atoms with van der Waals surface area (Å²) in [5.41, 5.74) is 0.295. The Hall–Kier alpha value is -0.0400. The van der Waals surface area contributed by atoms with E-state index in [0.717, 1.165) is 17.8 Å². The van der Waals surface area contributed by atoms with Crippen LogP contribution in [0.1, 0.15) is 65.7 Å². The molecule has 3 unspecified atom stereocenters. The zero-order chi connectivity index (χ0) is 11.6. The van der Waals surface area contributed by atoms with Crippen LogP contribution in [0.5, 0.6) is 0 Å². The average molecular weight is 223 g/mol. The van der Waals surface area contributed by atoms with E-state index in [4.69, 9.17) is 0 Å². The second-order valence-electron chi connectivity index (χ2n) is 7.11. The van der Waals surface area contributed by atoms with Crippen LogP contribution in [0.25, 0.3) is 0 Å². The van der Waals surface area contributed by atoms with E-state index < -0.39 is 0 Å². The van der Waals surface area contributed by atoms with Crippen LogP contribution in [-0.4, -0.2) is 12.1 Å². The average Bonchev–Trinajstić information content (AvgIpc) is 2.25. The third-order valence-corrected chi connectivity index (χ3v) is 4.57. The summed E-state index contributed by atoms with van der Waals surface area (Å²) in [6.45, 7) is 8.07. The van der Waals surface area contributed by atoms with Gasteiger partial charge in [0.1, 0.15) is 0 Å². The van der Waals surface area contributed by atoms with E-state index in [1.165, 1.54) is 51.5 Å². The van der Waals surface area contributed by atoms with Gasteiger partial charge >= 0.3 is 0 Å². The Kier molecular flexibility index (Phi) is 3.94. The van der Waals surface area contributed by atoms with Crippen molar-refractivity contribution in [2.45, 2.75) is 71.3 Å². The lowest BCUT2D eigenvalue weighted by molar-refractivity contribution is 0.125. The number of hydrogen-bond acceptors (Lipinski definition) is 1. The van der Waals surface area contributed by atoms with Gasteiger partial charge in [0.25, 0.3) is 0 Å². The highest BCUT2D eigenvalue weighted by molar-refractivity contribution is 4.85. The summed E-state index contributed by atoms with van der Waals surface area (Å²) in [6, 6.07) is 0. The predicted molar refractivity (Wildman–Crippen MR) is 70.5 cm³/mol. The lowest BCUT2D eigenvalue weighted by Gasteiger charge is -2.40. The van der Waals surface area contributed by atoms with E-state index in [-0.39, 0.29) is 0 Å². The molecule has 94 valence electrons. The van der Waals surface area contributed by atoms with Crippen molar-refractivity contribution < 1.29 is 0 Å². The van der Waals surface area contributed by atoms with Crippen molar-refractivity contribution in [3.8, 4) is 0 Å². The van der Waals surface area contributed by atoms with Crippen LogP contribution in [0.3, 0.4) is 0 Å². The predicted octanol–water partition coefficient (Wildman–Crippen LogP) is 3.98. The van der Waals surface area contributed by atoms with E-state index in [2.05, 4.69) is 26.1 Å². The lowest BCUT2D eigenvalue weighted by atomic mass is 9.67. The highest BCUT2D eigenvalue weighted by Gasteiger charge is 2.32. The zero-order valence-electron chi connectivity index (χ0n) is 11.4. The molecular formula is C15H29N. The molecule has 16 heavy (non-hydrogen) atoms. The number of rotatable bonds is 2. The lowest BCUT2D eigenvalue weighted by Crippen LogP contribution is -2.41. The fraction of sp³-hybridized carbons (Fsp3) is 1.00. The first-order valence-electron chi connectivity index (χ1n) is 7.29. The van der Waals surface area contributed by atoms with E-state index in [1.807, 2.05) is 0 Å². The number of hydrogen-bond donors (Lipinski definition) is 1. The number of nitrogens with one attached hydrogen (secondary N) is 1. The maximum Gasteiger partial charge on any atom is 0.00966 e. The molecule has 2 aliphatic rings. The smallest absolute Gasteiger partial charge is 0.00966 e. The molecule has 0 aromatic rings. The summed E-state index contributed by atoms with van der Waals surface area (Å²) in [5.74, 6) is 3.13. The van der Waals surface area contributed by atoms with Crippen molar-refractivity contribution in [3.63, 3.8) is 0 Å². The van der Waals surface area contributed by atoms with Gasteiger partial charge in [-0.15, -0.1) is 0 Å². The molecule has 0 bridgehead atoms. The van der Waals surface area contributed by atoms with Crippen molar-refractivity contribution >= 4 is 0 Å². The monoisotopic (exact) mass is 223 g/mol. The van der Waals surface area contributed by atoms with E-state index in [9.17, 15) is 0 Å². The van der Waals surface area contributed by atoms with E-state index in [1.54, 1.807) is 0 Å². The SMILES string of the molecule is CC(C)(C)NCC1CCC2CCCCC2C1. The summed E-state index contributed by atoms with van der Waals surface area (Å²) < 4.78 is 0. The summed E-state index contributed by atoms with van der Waals surface area (Å²) >= 11 is 0. The molecule has 0 saturated heterocycles. The fourth-order valence-electron chi connectivity index (χ4n) is 3.61. The Morgan fingerprint density at radius 3 is 2.31 bits per heavy atom. The third-order valence-electron chi connectivity index (χ3n) is 4.57. The van der Waals surface area contributed by atoms with Crippen LogP contribution >= 0.6 is 0 Å². The van der Waals surface area contributed by atoms with Crippen LogP contribution in [0.2, 0.25) is 0 Å². The molecule has 2 aliphatic carbocycles. The summed E-state index contributed by atoms with van der Waals surface area (Å²) in [4.78, 5) is 0. The van der Waals surface area contributed by atoms with Crippen molar-refractivity contribution in [2.75, 3.05) is 6.54 Å². The molecule has 2 saturated carbocycles. The van der Waals surface area contributed by atoms with Gasteiger partial charge in [0.15, 0.2) is 0 Å². The van der Waals surface area contributed by atoms with Crippen LogP contribution in [0.15, 0.2) is 0 Å². The Morgan fingerprint density at radius 2 is 1.62 bits per heavy atom. The van der Waals surface area contributed by atoms with Gasteiger partial charge in [-0.2, -0.15) is 0 Å². The molecule has 0 aromatic heterocycles. The second-order valence-corrected chi connectivity index (χ2v) is 7.11. The highest BCUT2D eigenvalue weighted by Crippen LogP contribution is 2.42. The Balaban J connectivity index is 1.77. The van der Waals surface area contributed by atoms with Crippen molar-refractivity contribution in [3.05, 3.63) is 0 Å². The molecule has 0 radical (unpaired) electrons. The second kappa shape index (κ2) is 5.08. The minimum Gasteiger partial charge on any atom is -0.312 e. The summed E-state index contributed by atoms with van der Waals surface area (Å²) in [5, 5.41) is 3.69. The van der Waals surface area contributed by atoms with E-state index in [0.29, 0.717) is 5.54 Å². The first kappa shape index (κ1) is 12.4. The molecule has 0 heterocycles. The van der Waals surface area contributed by atoms with Gasteiger partial charge in [-0.3, -0.25) is 0 Å². The van der Waals surface area contributed by atoms with Crippen molar-refractivity contribution in [1.82, 2.24) is 5.32 Å². The summed E-state index contributed by atoms with van der Waals surface area (Å²) in [7, 11) is 0. The molecule has 1 heteroatoms. The number of fused-ring (bicyclic) bond motifs is 1. The highest BCUT2D eigenvalue weighted by atomic mass is 14.9. The van der Waals surface area contributed by atoms with Crippen LogP contribution < -0.4 is 5.32 Å². The van der Waals surface area contributed by atoms with Crippen molar-refractivity contribution in [2.24, 2.45) is 17.8 Å². The topological polar surface area (TPSA) is 12.0 Å². The van der Waals surface area contributed by atoms with Gasteiger partial charge in [-0.05, 0) is 64.3 Å². The molecule has 0 amide bonds. The normalized spacial score (nSPS) is 35.8. The molecule has 1 N–H and O–H groups in total. The van der Waals surface area contributed by atoms with Gasteiger partial charge < -0.3 is 5.32 Å².